The number of nitrogens with one attached hydrogen (secondary N) is 2. The largest absolute Gasteiger partial charge is 0.508 e. The van der Waals surface area contributed by atoms with Crippen molar-refractivity contribution in [3.8, 4) is 5.75 Å². The first-order valence-electron chi connectivity index (χ1n) is 18.2. The number of rotatable bonds is 6. The molecule has 2 heterocycles. The quantitative estimate of drug-likeness (QED) is 0.321. The summed E-state index contributed by atoms with van der Waals surface area (Å²) in [5.74, 6) is 4.15. The third-order valence-electron chi connectivity index (χ3n) is 14.3. The van der Waals surface area contributed by atoms with Crippen LogP contribution in [0.25, 0.3) is 0 Å². The summed E-state index contributed by atoms with van der Waals surface area (Å²) in [5.41, 5.74) is 1.72. The molecule has 12 atom stereocenters. The van der Waals surface area contributed by atoms with Crippen LogP contribution in [-0.2, 0) is 25.5 Å². The number of hydrogen-bond donors (Lipinski definition) is 3. The maximum absolute atomic E-state index is 12.9. The highest BCUT2D eigenvalue weighted by Gasteiger charge is 2.69. The molecule has 4 aliphatic carbocycles. The zero-order chi connectivity index (χ0) is 31.6. The van der Waals surface area contributed by atoms with Crippen molar-refractivity contribution in [2.45, 2.75) is 123 Å². The number of fused-ring (bicyclic) bond motifs is 7. The predicted octanol–water partition coefficient (Wildman–Crippen LogP) is 6.37. The van der Waals surface area contributed by atoms with Gasteiger partial charge in [0.25, 0.3) is 0 Å². The molecule has 1 aromatic carbocycles. The van der Waals surface area contributed by atoms with Crippen LogP contribution in [0.2, 0.25) is 0 Å². The third kappa shape index (κ3) is 5.52. The number of hydrogen-bond acceptors (Lipinski definition) is 5. The Labute approximate surface area is 270 Å². The number of benzene rings is 1. The molecule has 1 spiro atoms. The number of ether oxygens (including phenoxy) is 2. The standard InChI is InChI=1S/C38H56N2O5/c1-23-11-17-38(44-22-23)24(2)35-32(45-38)20-31-29-10-7-26-19-27(12-15-36(26,3)30(29)13-16-37(31,35)4)40-34(43)21-33(42)39-18-14-25-5-8-28(41)9-6-25/h5-6,8-9,23-24,26-27,29-32,35,41H,7,10-22H2,1-4H3,(H,39,42)(H,40,43)/t23-,24-,26+,27+,29+,30-,31-,32-,35-,36-,37-,38+/m0/s1. The van der Waals surface area contributed by atoms with Gasteiger partial charge in [0, 0.05) is 24.9 Å². The van der Waals surface area contributed by atoms with E-state index in [2.05, 4.69) is 38.3 Å². The zero-order valence-electron chi connectivity index (χ0n) is 28.0. The minimum Gasteiger partial charge on any atom is -0.508 e. The Morgan fingerprint density at radius 3 is 2.44 bits per heavy atom. The summed E-state index contributed by atoms with van der Waals surface area (Å²) in [6.07, 6.45) is 12.8. The van der Waals surface area contributed by atoms with Gasteiger partial charge in [-0.3, -0.25) is 9.59 Å². The molecule has 4 saturated carbocycles. The molecular weight excluding hydrogens is 564 g/mol. The van der Waals surface area contributed by atoms with Gasteiger partial charge in [-0.25, -0.2) is 0 Å². The molecule has 0 unspecified atom stereocenters. The van der Waals surface area contributed by atoms with Crippen LogP contribution in [-0.4, -0.2) is 48.0 Å². The lowest BCUT2D eigenvalue weighted by Gasteiger charge is -2.61. The Hall–Kier alpha value is -2.12. The van der Waals surface area contributed by atoms with Crippen LogP contribution in [0, 0.1) is 52.3 Å². The summed E-state index contributed by atoms with van der Waals surface area (Å²) < 4.78 is 13.5. The van der Waals surface area contributed by atoms with E-state index in [1.807, 2.05) is 12.1 Å². The molecule has 7 heteroatoms. The monoisotopic (exact) mass is 620 g/mol. The van der Waals surface area contributed by atoms with Crippen molar-refractivity contribution < 1.29 is 24.2 Å². The molecule has 248 valence electrons. The fraction of sp³-hybridized carbons (Fsp3) is 0.789. The Balaban J connectivity index is 0.919. The van der Waals surface area contributed by atoms with Crippen LogP contribution < -0.4 is 10.6 Å². The van der Waals surface area contributed by atoms with Crippen molar-refractivity contribution in [1.29, 1.82) is 0 Å². The highest BCUT2D eigenvalue weighted by molar-refractivity contribution is 5.96. The van der Waals surface area contributed by atoms with E-state index >= 15 is 0 Å². The molecule has 7 rings (SSSR count). The van der Waals surface area contributed by atoms with Gasteiger partial charge >= 0.3 is 0 Å². The average Bonchev–Trinajstić information content (AvgIpc) is 3.45. The fourth-order valence-electron chi connectivity index (χ4n) is 11.9. The second kappa shape index (κ2) is 11.8. The van der Waals surface area contributed by atoms with E-state index in [4.69, 9.17) is 9.47 Å². The minimum absolute atomic E-state index is 0.118. The summed E-state index contributed by atoms with van der Waals surface area (Å²) in [6, 6.07) is 7.15. The number of carbonyl (C=O) groups excluding carboxylic acids is 2. The number of phenolic OH excluding ortho intramolecular Hbond substituents is 1. The third-order valence-corrected chi connectivity index (χ3v) is 14.3. The Kier molecular flexibility index (Phi) is 8.28. The number of phenols is 1. The molecule has 2 aliphatic heterocycles. The van der Waals surface area contributed by atoms with Crippen LogP contribution in [0.1, 0.15) is 104 Å². The molecule has 0 radical (unpaired) electrons. The molecule has 6 aliphatic rings. The molecule has 1 aromatic rings. The van der Waals surface area contributed by atoms with Crippen molar-refractivity contribution in [1.82, 2.24) is 10.6 Å². The van der Waals surface area contributed by atoms with Crippen molar-refractivity contribution in [2.24, 2.45) is 52.3 Å². The first kappa shape index (κ1) is 31.5. The summed E-state index contributed by atoms with van der Waals surface area (Å²) >= 11 is 0. The van der Waals surface area contributed by atoms with E-state index in [1.165, 1.54) is 44.9 Å². The Bertz CT molecular complexity index is 1260. The molecule has 6 fully saturated rings. The van der Waals surface area contributed by atoms with Crippen LogP contribution in [0.5, 0.6) is 5.75 Å². The summed E-state index contributed by atoms with van der Waals surface area (Å²) in [4.78, 5) is 25.3. The van der Waals surface area contributed by atoms with E-state index < -0.39 is 0 Å². The maximum atomic E-state index is 12.9. The minimum atomic E-state index is -0.340. The van der Waals surface area contributed by atoms with Crippen molar-refractivity contribution in [3.63, 3.8) is 0 Å². The van der Waals surface area contributed by atoms with Gasteiger partial charge < -0.3 is 25.2 Å². The van der Waals surface area contributed by atoms with Gasteiger partial charge in [0.05, 0.1) is 12.7 Å². The van der Waals surface area contributed by atoms with Gasteiger partial charge in [0.15, 0.2) is 5.79 Å². The highest BCUT2D eigenvalue weighted by atomic mass is 16.7. The molecule has 2 amide bonds. The molecule has 7 nitrogen and oxygen atoms in total. The van der Waals surface area contributed by atoms with Gasteiger partial charge in [-0.05, 0) is 128 Å². The van der Waals surface area contributed by atoms with E-state index in [-0.39, 0.29) is 35.8 Å². The van der Waals surface area contributed by atoms with E-state index in [9.17, 15) is 14.7 Å². The zero-order valence-corrected chi connectivity index (χ0v) is 28.0. The van der Waals surface area contributed by atoms with Crippen molar-refractivity contribution in [2.75, 3.05) is 13.2 Å². The number of carbonyl (C=O) groups is 2. The lowest BCUT2D eigenvalue weighted by Crippen LogP contribution is -2.56. The van der Waals surface area contributed by atoms with E-state index in [0.29, 0.717) is 53.6 Å². The average molecular weight is 621 g/mol. The van der Waals surface area contributed by atoms with E-state index in [1.54, 1.807) is 12.1 Å². The van der Waals surface area contributed by atoms with Gasteiger partial charge in [-0.1, -0.05) is 39.8 Å². The first-order valence-corrected chi connectivity index (χ1v) is 18.2. The lowest BCUT2D eigenvalue weighted by molar-refractivity contribution is -0.273. The predicted molar refractivity (Wildman–Crippen MR) is 173 cm³/mol. The topological polar surface area (TPSA) is 96.9 Å². The van der Waals surface area contributed by atoms with Crippen LogP contribution in [0.4, 0.5) is 0 Å². The lowest BCUT2D eigenvalue weighted by atomic mass is 9.44. The van der Waals surface area contributed by atoms with E-state index in [0.717, 1.165) is 49.2 Å². The number of aromatic hydroxyl groups is 1. The molecule has 45 heavy (non-hydrogen) atoms. The second-order valence-corrected chi connectivity index (χ2v) is 16.7. The summed E-state index contributed by atoms with van der Waals surface area (Å²) in [6.45, 7) is 11.3. The fourth-order valence-corrected chi connectivity index (χ4v) is 11.9. The second-order valence-electron chi connectivity index (χ2n) is 16.7. The van der Waals surface area contributed by atoms with Gasteiger partial charge in [0.1, 0.15) is 12.2 Å². The van der Waals surface area contributed by atoms with Crippen LogP contribution >= 0.6 is 0 Å². The highest BCUT2D eigenvalue weighted by Crippen LogP contribution is 2.71. The SMILES string of the molecule is C[C@H]1CC[C@@]2(OC1)O[C@H]1C[C@H]3[C@@H]4CC[C@@H]5C[C@H](NC(=O)CC(=O)NCCc6ccc(O)cc6)CC[C@]5(C)[C@H]4CC[C@]3(C)[C@H]1[C@@H]2C. The Morgan fingerprint density at radius 1 is 0.911 bits per heavy atom. The smallest absolute Gasteiger partial charge is 0.229 e. The molecule has 3 N–H and O–H groups in total. The summed E-state index contributed by atoms with van der Waals surface area (Å²) in [5, 5.41) is 15.5. The first-order chi connectivity index (χ1) is 21.5. The molecular formula is C38H56N2O5. The normalized spacial score (nSPS) is 45.2. The molecule has 0 bridgehead atoms. The Morgan fingerprint density at radius 2 is 1.69 bits per heavy atom. The van der Waals surface area contributed by atoms with Crippen LogP contribution in [0.15, 0.2) is 24.3 Å². The number of amides is 2. The van der Waals surface area contributed by atoms with Gasteiger partial charge in [0.2, 0.25) is 11.8 Å². The van der Waals surface area contributed by atoms with Crippen LogP contribution in [0.3, 0.4) is 0 Å². The van der Waals surface area contributed by atoms with Crippen molar-refractivity contribution in [3.05, 3.63) is 29.8 Å². The van der Waals surface area contributed by atoms with Crippen molar-refractivity contribution >= 4 is 11.8 Å². The van der Waals surface area contributed by atoms with Gasteiger partial charge in [-0.2, -0.15) is 0 Å². The van der Waals surface area contributed by atoms with Gasteiger partial charge in [-0.15, -0.1) is 0 Å². The molecule has 2 saturated heterocycles. The molecule has 0 aromatic heterocycles. The maximum Gasteiger partial charge on any atom is 0.229 e. The summed E-state index contributed by atoms with van der Waals surface area (Å²) in [7, 11) is 0.